The lowest BCUT2D eigenvalue weighted by molar-refractivity contribution is -0.125. The number of nitrogens with zero attached hydrogens (tertiary/aromatic N) is 1. The SMILES string of the molecule is CC(C)[C@H](N)C(=O)NCC(=O)Nc1ccc(F)cn1. The van der Waals surface area contributed by atoms with E-state index in [-0.39, 0.29) is 18.3 Å². The van der Waals surface area contributed by atoms with E-state index in [2.05, 4.69) is 15.6 Å². The lowest BCUT2D eigenvalue weighted by atomic mass is 10.1. The molecule has 6 nitrogen and oxygen atoms in total. The molecule has 0 unspecified atom stereocenters. The van der Waals surface area contributed by atoms with Gasteiger partial charge < -0.3 is 16.4 Å². The fraction of sp³-hybridized carbons (Fsp3) is 0.417. The highest BCUT2D eigenvalue weighted by Gasteiger charge is 2.17. The van der Waals surface area contributed by atoms with Crippen molar-refractivity contribution in [3.8, 4) is 0 Å². The van der Waals surface area contributed by atoms with Crippen molar-refractivity contribution in [1.82, 2.24) is 10.3 Å². The second-order valence-corrected chi connectivity index (χ2v) is 4.40. The van der Waals surface area contributed by atoms with Gasteiger partial charge in [0.1, 0.15) is 11.6 Å². The maximum absolute atomic E-state index is 12.6. The third kappa shape index (κ3) is 5.01. The van der Waals surface area contributed by atoms with E-state index in [1.54, 1.807) is 0 Å². The Labute approximate surface area is 110 Å². The smallest absolute Gasteiger partial charge is 0.244 e. The first-order valence-corrected chi connectivity index (χ1v) is 5.85. The van der Waals surface area contributed by atoms with Gasteiger partial charge in [-0.15, -0.1) is 0 Å². The number of hydrogen-bond donors (Lipinski definition) is 3. The molecule has 1 rings (SSSR count). The normalized spacial score (nSPS) is 12.1. The third-order valence-electron chi connectivity index (χ3n) is 2.44. The number of hydrogen-bond acceptors (Lipinski definition) is 4. The van der Waals surface area contributed by atoms with Crippen LogP contribution in [0.1, 0.15) is 13.8 Å². The number of carbonyl (C=O) groups is 2. The first-order chi connectivity index (χ1) is 8.90. The van der Waals surface area contributed by atoms with Crippen molar-refractivity contribution in [3.05, 3.63) is 24.1 Å². The van der Waals surface area contributed by atoms with Crippen LogP contribution in [0.4, 0.5) is 10.2 Å². The molecule has 1 aromatic heterocycles. The van der Waals surface area contributed by atoms with Gasteiger partial charge in [0, 0.05) is 0 Å². The van der Waals surface area contributed by atoms with Crippen LogP contribution >= 0.6 is 0 Å². The quantitative estimate of drug-likeness (QED) is 0.713. The van der Waals surface area contributed by atoms with Gasteiger partial charge in [-0.2, -0.15) is 0 Å². The highest BCUT2D eigenvalue weighted by molar-refractivity contribution is 5.94. The number of aromatic nitrogens is 1. The zero-order valence-corrected chi connectivity index (χ0v) is 10.8. The summed E-state index contributed by atoms with van der Waals surface area (Å²) in [6.45, 7) is 3.41. The van der Waals surface area contributed by atoms with Crippen molar-refractivity contribution in [2.75, 3.05) is 11.9 Å². The molecule has 0 fully saturated rings. The van der Waals surface area contributed by atoms with Gasteiger partial charge in [-0.3, -0.25) is 9.59 Å². The van der Waals surface area contributed by atoms with E-state index < -0.39 is 23.7 Å². The van der Waals surface area contributed by atoms with Gasteiger partial charge in [0.2, 0.25) is 11.8 Å². The minimum atomic E-state index is -0.656. The van der Waals surface area contributed by atoms with Crippen LogP contribution in [0.25, 0.3) is 0 Å². The summed E-state index contributed by atoms with van der Waals surface area (Å²) in [5.74, 6) is -1.13. The average molecular weight is 268 g/mol. The molecule has 2 amide bonds. The molecule has 0 spiro atoms. The summed E-state index contributed by atoms with van der Waals surface area (Å²) in [5, 5.41) is 4.84. The minimum Gasteiger partial charge on any atom is -0.346 e. The summed E-state index contributed by atoms with van der Waals surface area (Å²) in [7, 11) is 0. The van der Waals surface area contributed by atoms with E-state index in [1.165, 1.54) is 12.1 Å². The number of nitrogens with one attached hydrogen (secondary N) is 2. The highest BCUT2D eigenvalue weighted by atomic mass is 19.1. The Balaban J connectivity index is 2.40. The predicted octanol–water partition coefficient (Wildman–Crippen LogP) is 0.259. The summed E-state index contributed by atoms with van der Waals surface area (Å²) in [6.07, 6.45) is 0.989. The highest BCUT2D eigenvalue weighted by Crippen LogP contribution is 2.03. The van der Waals surface area contributed by atoms with Crippen molar-refractivity contribution in [2.24, 2.45) is 11.7 Å². The molecule has 0 aliphatic rings. The number of anilines is 1. The monoisotopic (exact) mass is 268 g/mol. The first kappa shape index (κ1) is 15.0. The van der Waals surface area contributed by atoms with Crippen LogP contribution in [-0.2, 0) is 9.59 Å². The molecule has 1 aromatic rings. The zero-order chi connectivity index (χ0) is 14.4. The molecule has 0 aliphatic heterocycles. The summed E-state index contributed by atoms with van der Waals surface area (Å²) < 4.78 is 12.6. The molecule has 4 N–H and O–H groups in total. The van der Waals surface area contributed by atoms with Crippen LogP contribution in [-0.4, -0.2) is 29.4 Å². The van der Waals surface area contributed by atoms with Crippen LogP contribution in [0.15, 0.2) is 18.3 Å². The molecule has 19 heavy (non-hydrogen) atoms. The molecule has 7 heteroatoms. The van der Waals surface area contributed by atoms with E-state index in [0.717, 1.165) is 6.20 Å². The summed E-state index contributed by atoms with van der Waals surface area (Å²) in [6, 6.07) is 1.85. The van der Waals surface area contributed by atoms with Crippen molar-refractivity contribution < 1.29 is 14.0 Å². The van der Waals surface area contributed by atoms with Crippen molar-refractivity contribution in [3.63, 3.8) is 0 Å². The van der Waals surface area contributed by atoms with E-state index in [4.69, 9.17) is 5.73 Å². The van der Waals surface area contributed by atoms with E-state index in [0.29, 0.717) is 0 Å². The Hall–Kier alpha value is -2.02. The van der Waals surface area contributed by atoms with Crippen molar-refractivity contribution in [2.45, 2.75) is 19.9 Å². The van der Waals surface area contributed by atoms with Crippen LogP contribution in [0.5, 0.6) is 0 Å². The summed E-state index contributed by atoms with van der Waals surface area (Å²) in [5.41, 5.74) is 5.62. The molecule has 0 saturated carbocycles. The summed E-state index contributed by atoms with van der Waals surface area (Å²) >= 11 is 0. The Morgan fingerprint density at radius 3 is 2.63 bits per heavy atom. The second-order valence-electron chi connectivity index (χ2n) is 4.40. The number of amides is 2. The van der Waals surface area contributed by atoms with E-state index in [1.807, 2.05) is 13.8 Å². The predicted molar refractivity (Wildman–Crippen MR) is 68.6 cm³/mol. The molecule has 0 aliphatic carbocycles. The number of nitrogens with two attached hydrogens (primary N) is 1. The Morgan fingerprint density at radius 2 is 2.11 bits per heavy atom. The lowest BCUT2D eigenvalue weighted by Crippen LogP contribution is -2.46. The van der Waals surface area contributed by atoms with Gasteiger partial charge in [0.25, 0.3) is 0 Å². The molecule has 1 atom stereocenters. The molecule has 0 radical (unpaired) electrons. The fourth-order valence-corrected chi connectivity index (χ4v) is 1.22. The zero-order valence-electron chi connectivity index (χ0n) is 10.8. The Kier molecular flexibility index (Phi) is 5.37. The molecule has 0 aromatic carbocycles. The van der Waals surface area contributed by atoms with Gasteiger partial charge in [-0.1, -0.05) is 13.8 Å². The van der Waals surface area contributed by atoms with Gasteiger partial charge in [-0.05, 0) is 18.1 Å². The molecule has 0 saturated heterocycles. The largest absolute Gasteiger partial charge is 0.346 e. The van der Waals surface area contributed by atoms with Gasteiger partial charge in [0.15, 0.2) is 0 Å². The lowest BCUT2D eigenvalue weighted by Gasteiger charge is -2.14. The maximum Gasteiger partial charge on any atom is 0.244 e. The molecule has 104 valence electrons. The van der Waals surface area contributed by atoms with Gasteiger partial charge in [0.05, 0.1) is 18.8 Å². The number of rotatable bonds is 5. The minimum absolute atomic E-state index is 0.0122. The number of halogens is 1. The van der Waals surface area contributed by atoms with Crippen molar-refractivity contribution in [1.29, 1.82) is 0 Å². The van der Waals surface area contributed by atoms with Crippen LogP contribution < -0.4 is 16.4 Å². The van der Waals surface area contributed by atoms with Gasteiger partial charge >= 0.3 is 0 Å². The van der Waals surface area contributed by atoms with Crippen molar-refractivity contribution >= 4 is 17.6 Å². The second kappa shape index (κ2) is 6.79. The van der Waals surface area contributed by atoms with Crippen LogP contribution in [0, 0.1) is 11.7 Å². The fourth-order valence-electron chi connectivity index (χ4n) is 1.22. The molecular formula is C12H17FN4O2. The Morgan fingerprint density at radius 1 is 1.42 bits per heavy atom. The molecule has 0 bridgehead atoms. The van der Waals surface area contributed by atoms with Crippen LogP contribution in [0.3, 0.4) is 0 Å². The average Bonchev–Trinajstić information content (AvgIpc) is 2.37. The van der Waals surface area contributed by atoms with Crippen LogP contribution in [0.2, 0.25) is 0 Å². The van der Waals surface area contributed by atoms with E-state index in [9.17, 15) is 14.0 Å². The third-order valence-corrected chi connectivity index (χ3v) is 2.44. The maximum atomic E-state index is 12.6. The number of pyridine rings is 1. The molecule has 1 heterocycles. The van der Waals surface area contributed by atoms with Gasteiger partial charge in [-0.25, -0.2) is 9.37 Å². The number of carbonyl (C=O) groups excluding carboxylic acids is 2. The van der Waals surface area contributed by atoms with E-state index >= 15 is 0 Å². The summed E-state index contributed by atoms with van der Waals surface area (Å²) in [4.78, 5) is 26.7. The Bertz CT molecular complexity index is 448. The molecular weight excluding hydrogens is 251 g/mol. The first-order valence-electron chi connectivity index (χ1n) is 5.85. The standard InChI is InChI=1S/C12H17FN4O2/c1-7(2)11(14)12(19)16-6-10(18)17-9-4-3-8(13)5-15-9/h3-5,7,11H,6,14H2,1-2H3,(H,16,19)(H,15,17,18)/t11-/m0/s1. The topological polar surface area (TPSA) is 97.1 Å².